The van der Waals surface area contributed by atoms with Gasteiger partial charge in [-0.05, 0) is 56.1 Å². The maximum Gasteiger partial charge on any atom is 0.124 e. The summed E-state index contributed by atoms with van der Waals surface area (Å²) in [6, 6.07) is 17.7. The number of ether oxygens (including phenoxy) is 1. The summed E-state index contributed by atoms with van der Waals surface area (Å²) in [5, 5.41) is 9.69. The highest BCUT2D eigenvalue weighted by Gasteiger charge is 2.28. The summed E-state index contributed by atoms with van der Waals surface area (Å²) in [4.78, 5) is 7.78. The van der Waals surface area contributed by atoms with Crippen LogP contribution < -0.4 is 9.64 Å². The van der Waals surface area contributed by atoms with Crippen molar-refractivity contribution in [1.29, 1.82) is 0 Å². The predicted octanol–water partition coefficient (Wildman–Crippen LogP) is 3.36. The lowest BCUT2D eigenvalue weighted by Crippen LogP contribution is -2.55. The van der Waals surface area contributed by atoms with Crippen LogP contribution in [0.15, 0.2) is 48.5 Å². The minimum atomic E-state index is 0.0253. The van der Waals surface area contributed by atoms with Gasteiger partial charge < -0.3 is 14.7 Å². The van der Waals surface area contributed by atoms with Crippen LogP contribution in [0.2, 0.25) is 0 Å². The van der Waals surface area contributed by atoms with Crippen molar-refractivity contribution in [2.75, 3.05) is 50.8 Å². The van der Waals surface area contributed by atoms with Crippen LogP contribution in [0.3, 0.4) is 0 Å². The lowest BCUT2D eigenvalue weighted by molar-refractivity contribution is 0.0887. The number of benzene rings is 2. The summed E-state index contributed by atoms with van der Waals surface area (Å²) in [7, 11) is 0. The Morgan fingerprint density at radius 1 is 1.00 bits per heavy atom. The Bertz CT molecular complexity index is 790. The summed E-state index contributed by atoms with van der Waals surface area (Å²) in [5.41, 5.74) is 3.50. The summed E-state index contributed by atoms with van der Waals surface area (Å²) in [6.45, 7) is 10.4. The molecule has 2 aliphatic heterocycles. The van der Waals surface area contributed by atoms with Gasteiger partial charge in [-0.1, -0.05) is 24.3 Å². The summed E-state index contributed by atoms with van der Waals surface area (Å²) in [5.74, 6) is 0.802. The highest BCUT2D eigenvalue weighted by molar-refractivity contribution is 5.46. The zero-order valence-electron chi connectivity index (χ0n) is 18.2. The summed E-state index contributed by atoms with van der Waals surface area (Å²) in [6.07, 6.45) is 2.56. The van der Waals surface area contributed by atoms with Crippen molar-refractivity contribution in [3.05, 3.63) is 59.7 Å². The van der Waals surface area contributed by atoms with Crippen LogP contribution in [0, 0.1) is 0 Å². The third-order valence-corrected chi connectivity index (χ3v) is 6.43. The first-order valence-corrected chi connectivity index (χ1v) is 11.4. The standard InChI is InChI=1S/C25H35N3O2/c1-2-30-25-11-10-21(17-22(25)20-29)18-26-12-6-9-24(19-26)28-15-13-27(14-16-28)23-7-4-3-5-8-23/h3-5,7-8,10-11,17,24,29H,2,6,9,12-16,18-20H2,1H3. The molecule has 0 amide bonds. The second kappa shape index (κ2) is 10.3. The fraction of sp³-hybridized carbons (Fsp3) is 0.520. The molecule has 0 bridgehead atoms. The van der Waals surface area contributed by atoms with Gasteiger partial charge in [-0.2, -0.15) is 0 Å². The average Bonchev–Trinajstić information content (AvgIpc) is 2.81. The molecule has 2 aromatic rings. The summed E-state index contributed by atoms with van der Waals surface area (Å²) >= 11 is 0. The molecule has 30 heavy (non-hydrogen) atoms. The van der Waals surface area contributed by atoms with Crippen LogP contribution in [-0.2, 0) is 13.2 Å². The maximum atomic E-state index is 9.69. The van der Waals surface area contributed by atoms with E-state index in [9.17, 15) is 5.11 Å². The van der Waals surface area contributed by atoms with Gasteiger partial charge in [0.1, 0.15) is 5.75 Å². The van der Waals surface area contributed by atoms with Crippen molar-refractivity contribution in [3.8, 4) is 5.75 Å². The van der Waals surface area contributed by atoms with E-state index in [-0.39, 0.29) is 6.61 Å². The van der Waals surface area contributed by atoms with E-state index >= 15 is 0 Å². The SMILES string of the molecule is CCOc1ccc(CN2CCCC(N3CCN(c4ccccc4)CC3)C2)cc1CO. The number of likely N-dealkylation sites (tertiary alicyclic amines) is 1. The van der Waals surface area contributed by atoms with Gasteiger partial charge in [0.2, 0.25) is 0 Å². The molecule has 2 aliphatic rings. The van der Waals surface area contributed by atoms with Gasteiger partial charge in [0.05, 0.1) is 13.2 Å². The van der Waals surface area contributed by atoms with Crippen molar-refractivity contribution in [1.82, 2.24) is 9.80 Å². The number of para-hydroxylation sites is 1. The molecule has 5 heteroatoms. The number of hydrogen-bond acceptors (Lipinski definition) is 5. The molecule has 2 fully saturated rings. The van der Waals surface area contributed by atoms with Crippen molar-refractivity contribution < 1.29 is 9.84 Å². The molecule has 1 N–H and O–H groups in total. The van der Waals surface area contributed by atoms with Crippen molar-refractivity contribution >= 4 is 5.69 Å². The molecule has 4 rings (SSSR count). The Morgan fingerprint density at radius 3 is 2.53 bits per heavy atom. The normalized spacial score (nSPS) is 21.0. The molecule has 1 atom stereocenters. The molecule has 0 radical (unpaired) electrons. The molecule has 2 heterocycles. The van der Waals surface area contributed by atoms with E-state index in [0.29, 0.717) is 12.6 Å². The monoisotopic (exact) mass is 409 g/mol. The first-order valence-electron chi connectivity index (χ1n) is 11.4. The molecular formula is C25H35N3O2. The quantitative estimate of drug-likeness (QED) is 0.759. The van der Waals surface area contributed by atoms with Gasteiger partial charge in [-0.25, -0.2) is 0 Å². The van der Waals surface area contributed by atoms with Crippen molar-refractivity contribution in [3.63, 3.8) is 0 Å². The van der Waals surface area contributed by atoms with E-state index in [0.717, 1.165) is 57.1 Å². The van der Waals surface area contributed by atoms with Gasteiger partial charge in [0.15, 0.2) is 0 Å². The molecular weight excluding hydrogens is 374 g/mol. The summed E-state index contributed by atoms with van der Waals surface area (Å²) < 4.78 is 5.63. The van der Waals surface area contributed by atoms with Gasteiger partial charge >= 0.3 is 0 Å². The largest absolute Gasteiger partial charge is 0.494 e. The smallest absolute Gasteiger partial charge is 0.124 e. The topological polar surface area (TPSA) is 39.2 Å². The first kappa shape index (κ1) is 21.2. The number of rotatable bonds is 7. The Hall–Kier alpha value is -2.08. The van der Waals surface area contributed by atoms with Gasteiger partial charge in [-0.15, -0.1) is 0 Å². The van der Waals surface area contributed by atoms with E-state index < -0.39 is 0 Å². The average molecular weight is 410 g/mol. The second-order valence-corrected chi connectivity index (χ2v) is 8.42. The van der Waals surface area contributed by atoms with E-state index in [1.807, 2.05) is 13.0 Å². The number of nitrogens with zero attached hydrogens (tertiary/aromatic N) is 3. The Balaban J connectivity index is 1.32. The highest BCUT2D eigenvalue weighted by Crippen LogP contribution is 2.24. The van der Waals surface area contributed by atoms with E-state index in [4.69, 9.17) is 4.74 Å². The molecule has 0 aromatic heterocycles. The fourth-order valence-corrected chi connectivity index (χ4v) is 4.87. The molecule has 2 saturated heterocycles. The maximum absolute atomic E-state index is 9.69. The third kappa shape index (κ3) is 5.15. The number of piperidine rings is 1. The third-order valence-electron chi connectivity index (χ3n) is 6.43. The zero-order valence-corrected chi connectivity index (χ0v) is 18.2. The number of hydrogen-bond donors (Lipinski definition) is 1. The number of aliphatic hydroxyl groups excluding tert-OH is 1. The second-order valence-electron chi connectivity index (χ2n) is 8.42. The van der Waals surface area contributed by atoms with Crippen molar-refractivity contribution in [2.24, 2.45) is 0 Å². The van der Waals surface area contributed by atoms with Gasteiger partial charge in [-0.3, -0.25) is 9.80 Å². The van der Waals surface area contributed by atoms with Gasteiger partial charge in [0.25, 0.3) is 0 Å². The molecule has 162 valence electrons. The Morgan fingerprint density at radius 2 is 1.80 bits per heavy atom. The molecule has 0 aliphatic carbocycles. The van der Waals surface area contributed by atoms with Crippen LogP contribution >= 0.6 is 0 Å². The number of aliphatic hydroxyl groups is 1. The van der Waals surface area contributed by atoms with Crippen LogP contribution in [-0.4, -0.2) is 66.8 Å². The van der Waals surface area contributed by atoms with E-state index in [2.05, 4.69) is 57.2 Å². The molecule has 0 saturated carbocycles. The number of anilines is 1. The number of piperazine rings is 1. The minimum Gasteiger partial charge on any atom is -0.494 e. The molecule has 0 spiro atoms. The molecule has 1 unspecified atom stereocenters. The lowest BCUT2D eigenvalue weighted by Gasteiger charge is -2.44. The van der Waals surface area contributed by atoms with Crippen LogP contribution in [0.25, 0.3) is 0 Å². The van der Waals surface area contributed by atoms with Crippen LogP contribution in [0.5, 0.6) is 5.75 Å². The Kier molecular flexibility index (Phi) is 7.26. The van der Waals surface area contributed by atoms with E-state index in [1.54, 1.807) is 0 Å². The fourth-order valence-electron chi connectivity index (χ4n) is 4.87. The zero-order chi connectivity index (χ0) is 20.8. The van der Waals surface area contributed by atoms with E-state index in [1.165, 1.54) is 24.1 Å². The lowest BCUT2D eigenvalue weighted by atomic mass is 10.0. The Labute approximate surface area is 180 Å². The minimum absolute atomic E-state index is 0.0253. The predicted molar refractivity (Wildman–Crippen MR) is 122 cm³/mol. The molecule has 2 aromatic carbocycles. The molecule has 5 nitrogen and oxygen atoms in total. The first-order chi connectivity index (χ1) is 14.8. The van der Waals surface area contributed by atoms with Crippen LogP contribution in [0.1, 0.15) is 30.9 Å². The highest BCUT2D eigenvalue weighted by atomic mass is 16.5. The van der Waals surface area contributed by atoms with Crippen molar-refractivity contribution in [2.45, 2.75) is 39.0 Å². The van der Waals surface area contributed by atoms with Crippen LogP contribution in [0.4, 0.5) is 5.69 Å². The van der Waals surface area contributed by atoms with Gasteiger partial charge in [0, 0.05) is 56.6 Å².